The summed E-state index contributed by atoms with van der Waals surface area (Å²) < 4.78 is 0. The van der Waals surface area contributed by atoms with Crippen molar-refractivity contribution in [3.63, 3.8) is 0 Å². The molecule has 1 aromatic carbocycles. The Labute approximate surface area is 84.0 Å². The predicted molar refractivity (Wildman–Crippen MR) is 55.2 cm³/mol. The molecule has 0 aromatic heterocycles. The summed E-state index contributed by atoms with van der Waals surface area (Å²) in [6, 6.07) is 7.65. The second-order valence-corrected chi connectivity index (χ2v) is 3.58. The highest BCUT2D eigenvalue weighted by Crippen LogP contribution is 2.11. The second-order valence-electron chi connectivity index (χ2n) is 3.58. The molecular weight excluding hydrogens is 178 g/mol. The highest BCUT2D eigenvalue weighted by Gasteiger charge is 2.06. The summed E-state index contributed by atoms with van der Waals surface area (Å²) in [5.74, 6) is -0.781. The fourth-order valence-corrected chi connectivity index (χ4v) is 1.39. The van der Waals surface area contributed by atoms with Gasteiger partial charge in [0.15, 0.2) is 0 Å². The summed E-state index contributed by atoms with van der Waals surface area (Å²) in [5, 5.41) is 8.71. The zero-order chi connectivity index (χ0) is 10.6. The van der Waals surface area contributed by atoms with E-state index in [-0.39, 0.29) is 6.42 Å². The van der Waals surface area contributed by atoms with Crippen molar-refractivity contribution in [3.8, 4) is 0 Å². The lowest BCUT2D eigenvalue weighted by molar-refractivity contribution is -0.136. The first-order valence-corrected chi connectivity index (χ1v) is 4.53. The molecule has 1 aromatic rings. The number of carbonyl (C=O) groups is 1. The van der Waals surface area contributed by atoms with Crippen LogP contribution in [0.2, 0.25) is 0 Å². The quantitative estimate of drug-likeness (QED) is 0.785. The van der Waals surface area contributed by atoms with Gasteiger partial charge in [-0.05, 0) is 25.2 Å². The minimum atomic E-state index is -0.781. The molecule has 1 N–H and O–H groups in total. The van der Waals surface area contributed by atoms with Gasteiger partial charge in [-0.15, -0.1) is 0 Å². The van der Waals surface area contributed by atoms with Gasteiger partial charge in [0.05, 0.1) is 6.42 Å². The van der Waals surface area contributed by atoms with Crippen LogP contribution < -0.4 is 0 Å². The van der Waals surface area contributed by atoms with Crippen LogP contribution in [0, 0.1) is 0 Å². The van der Waals surface area contributed by atoms with Gasteiger partial charge in [-0.2, -0.15) is 0 Å². The van der Waals surface area contributed by atoms with Crippen LogP contribution >= 0.6 is 0 Å². The number of hydrogen-bond donors (Lipinski definition) is 1. The SMILES string of the molecule is CN(C)Cc1ccccc1CC(=O)O. The average Bonchev–Trinajstić information content (AvgIpc) is 2.06. The molecule has 0 aliphatic heterocycles. The predicted octanol–water partition coefficient (Wildman–Crippen LogP) is 1.38. The Bertz CT molecular complexity index is 321. The molecule has 0 atom stereocenters. The first-order chi connectivity index (χ1) is 6.59. The number of carboxylic acid groups (broad SMARTS) is 1. The van der Waals surface area contributed by atoms with E-state index < -0.39 is 5.97 Å². The molecule has 3 nitrogen and oxygen atoms in total. The van der Waals surface area contributed by atoms with E-state index in [1.54, 1.807) is 0 Å². The molecule has 14 heavy (non-hydrogen) atoms. The van der Waals surface area contributed by atoms with E-state index in [4.69, 9.17) is 5.11 Å². The van der Waals surface area contributed by atoms with E-state index in [0.717, 1.165) is 17.7 Å². The van der Waals surface area contributed by atoms with Gasteiger partial charge < -0.3 is 10.0 Å². The Morgan fingerprint density at radius 3 is 2.36 bits per heavy atom. The molecular formula is C11H15NO2. The van der Waals surface area contributed by atoms with Crippen molar-refractivity contribution in [2.75, 3.05) is 14.1 Å². The van der Waals surface area contributed by atoms with Crippen LogP contribution in [0.5, 0.6) is 0 Å². The number of nitrogens with zero attached hydrogens (tertiary/aromatic N) is 1. The maximum Gasteiger partial charge on any atom is 0.307 e. The lowest BCUT2D eigenvalue weighted by Gasteiger charge is -2.12. The highest BCUT2D eigenvalue weighted by atomic mass is 16.4. The maximum absolute atomic E-state index is 10.6. The van der Waals surface area contributed by atoms with Crippen LogP contribution in [0.3, 0.4) is 0 Å². The normalized spacial score (nSPS) is 10.5. The Hall–Kier alpha value is -1.35. The Kier molecular flexibility index (Phi) is 3.65. The zero-order valence-corrected chi connectivity index (χ0v) is 8.53. The number of hydrogen-bond acceptors (Lipinski definition) is 2. The third kappa shape index (κ3) is 3.18. The Balaban J connectivity index is 2.85. The van der Waals surface area contributed by atoms with E-state index in [9.17, 15) is 4.79 Å². The third-order valence-corrected chi connectivity index (χ3v) is 1.95. The minimum Gasteiger partial charge on any atom is -0.481 e. The van der Waals surface area contributed by atoms with Crippen molar-refractivity contribution in [1.82, 2.24) is 4.90 Å². The van der Waals surface area contributed by atoms with Crippen molar-refractivity contribution >= 4 is 5.97 Å². The van der Waals surface area contributed by atoms with Gasteiger partial charge in [0.1, 0.15) is 0 Å². The molecule has 0 bridgehead atoms. The molecule has 0 saturated heterocycles. The van der Waals surface area contributed by atoms with Crippen molar-refractivity contribution in [2.24, 2.45) is 0 Å². The molecule has 3 heteroatoms. The number of rotatable bonds is 4. The molecule has 0 saturated carbocycles. The minimum absolute atomic E-state index is 0.101. The third-order valence-electron chi connectivity index (χ3n) is 1.95. The molecule has 0 fully saturated rings. The molecule has 0 amide bonds. The molecule has 0 aliphatic rings. The van der Waals surface area contributed by atoms with Crippen LogP contribution in [0.25, 0.3) is 0 Å². The first-order valence-electron chi connectivity index (χ1n) is 4.53. The van der Waals surface area contributed by atoms with Crippen LogP contribution in [0.4, 0.5) is 0 Å². The lowest BCUT2D eigenvalue weighted by Crippen LogP contribution is -2.13. The van der Waals surface area contributed by atoms with Gasteiger partial charge in [-0.3, -0.25) is 4.79 Å². The van der Waals surface area contributed by atoms with Gasteiger partial charge in [0.25, 0.3) is 0 Å². The van der Waals surface area contributed by atoms with Crippen molar-refractivity contribution in [3.05, 3.63) is 35.4 Å². The van der Waals surface area contributed by atoms with Crippen LogP contribution in [0.1, 0.15) is 11.1 Å². The molecule has 1 rings (SSSR count). The summed E-state index contributed by atoms with van der Waals surface area (Å²) in [5.41, 5.74) is 1.98. The summed E-state index contributed by atoms with van der Waals surface area (Å²) >= 11 is 0. The van der Waals surface area contributed by atoms with E-state index in [2.05, 4.69) is 0 Å². The van der Waals surface area contributed by atoms with Crippen molar-refractivity contribution in [1.29, 1.82) is 0 Å². The topological polar surface area (TPSA) is 40.5 Å². The Morgan fingerprint density at radius 1 is 1.29 bits per heavy atom. The van der Waals surface area contributed by atoms with Crippen LogP contribution in [0.15, 0.2) is 24.3 Å². The molecule has 0 radical (unpaired) electrons. The number of benzene rings is 1. The smallest absolute Gasteiger partial charge is 0.307 e. The summed E-state index contributed by atoms with van der Waals surface area (Å²) in [4.78, 5) is 12.6. The summed E-state index contributed by atoms with van der Waals surface area (Å²) in [6.45, 7) is 0.781. The van der Waals surface area contributed by atoms with Gasteiger partial charge >= 0.3 is 5.97 Å². The number of carboxylic acids is 1. The maximum atomic E-state index is 10.6. The zero-order valence-electron chi connectivity index (χ0n) is 8.53. The monoisotopic (exact) mass is 193 g/mol. The largest absolute Gasteiger partial charge is 0.481 e. The van der Waals surface area contributed by atoms with Crippen LogP contribution in [-0.2, 0) is 17.8 Å². The molecule has 0 unspecified atom stereocenters. The van der Waals surface area contributed by atoms with E-state index in [1.165, 1.54) is 0 Å². The van der Waals surface area contributed by atoms with Gasteiger partial charge in [-0.25, -0.2) is 0 Å². The molecule has 0 aliphatic carbocycles. The highest BCUT2D eigenvalue weighted by molar-refractivity contribution is 5.70. The van der Waals surface area contributed by atoms with E-state index in [0.29, 0.717) is 0 Å². The molecule has 0 spiro atoms. The average molecular weight is 193 g/mol. The van der Waals surface area contributed by atoms with Gasteiger partial charge in [0.2, 0.25) is 0 Å². The van der Waals surface area contributed by atoms with Crippen molar-refractivity contribution < 1.29 is 9.90 Å². The number of aliphatic carboxylic acids is 1. The van der Waals surface area contributed by atoms with Gasteiger partial charge in [0, 0.05) is 6.54 Å². The van der Waals surface area contributed by atoms with Crippen molar-refractivity contribution in [2.45, 2.75) is 13.0 Å². The van der Waals surface area contributed by atoms with E-state index >= 15 is 0 Å². The Morgan fingerprint density at radius 2 is 1.86 bits per heavy atom. The summed E-state index contributed by atoms with van der Waals surface area (Å²) in [7, 11) is 3.94. The molecule has 76 valence electrons. The van der Waals surface area contributed by atoms with Crippen LogP contribution in [-0.4, -0.2) is 30.1 Å². The van der Waals surface area contributed by atoms with Gasteiger partial charge in [-0.1, -0.05) is 24.3 Å². The molecule has 0 heterocycles. The lowest BCUT2D eigenvalue weighted by atomic mass is 10.0. The standard InChI is InChI=1S/C11H15NO2/c1-12(2)8-10-6-4-3-5-9(10)7-11(13)14/h3-6H,7-8H2,1-2H3,(H,13,14). The summed E-state index contributed by atoms with van der Waals surface area (Å²) in [6.07, 6.45) is 0.101. The fourth-order valence-electron chi connectivity index (χ4n) is 1.39. The fraction of sp³-hybridized carbons (Fsp3) is 0.364. The first kappa shape index (κ1) is 10.7. The van der Waals surface area contributed by atoms with E-state index in [1.807, 2.05) is 43.3 Å². The second kappa shape index (κ2) is 4.77.